The first-order valence-corrected chi connectivity index (χ1v) is 2.94. The van der Waals surface area contributed by atoms with Crippen LogP contribution in [0.2, 0.25) is 0 Å². The summed E-state index contributed by atoms with van der Waals surface area (Å²) < 4.78 is 0. The normalized spacial score (nSPS) is 6.27. The molecule has 0 bridgehead atoms. The first kappa shape index (κ1) is 9.09. The molecule has 0 amide bonds. The number of carbonyl (C=O) groups is 1. The van der Waals surface area contributed by atoms with E-state index >= 15 is 0 Å². The van der Waals surface area contributed by atoms with Crippen LogP contribution in [0.4, 0.5) is 0 Å². The van der Waals surface area contributed by atoms with Crippen molar-refractivity contribution < 1.29 is 4.79 Å². The zero-order valence-corrected chi connectivity index (χ0v) is 6.14. The molecule has 11 heavy (non-hydrogen) atoms. The van der Waals surface area contributed by atoms with Crippen LogP contribution in [-0.4, -0.2) is 6.29 Å². The summed E-state index contributed by atoms with van der Waals surface area (Å²) in [6, 6.07) is 0. The van der Waals surface area contributed by atoms with E-state index < -0.39 is 0 Å². The highest BCUT2D eigenvalue weighted by molar-refractivity contribution is 5.65. The molecule has 0 radical (unpaired) electrons. The summed E-state index contributed by atoms with van der Waals surface area (Å²) in [5.74, 6) is 15.2. The van der Waals surface area contributed by atoms with Crippen molar-refractivity contribution in [2.45, 2.75) is 6.92 Å². The Kier molecular flexibility index (Phi) is 6.69. The van der Waals surface area contributed by atoms with Crippen molar-refractivity contribution in [3.63, 3.8) is 0 Å². The minimum absolute atomic E-state index is 0.661. The SMILES string of the molecule is CC#CC#CC#CC=CC=O. The topological polar surface area (TPSA) is 17.1 Å². The van der Waals surface area contributed by atoms with Crippen LogP contribution >= 0.6 is 0 Å². The molecule has 0 aliphatic heterocycles. The summed E-state index contributed by atoms with van der Waals surface area (Å²) in [5, 5.41) is 0. The lowest BCUT2D eigenvalue weighted by molar-refractivity contribution is -0.104. The second kappa shape index (κ2) is 8.09. The third-order valence-electron chi connectivity index (χ3n) is 0.643. The summed E-state index contributed by atoms with van der Waals surface area (Å²) in [6.45, 7) is 1.70. The van der Waals surface area contributed by atoms with E-state index in [1.165, 1.54) is 12.2 Å². The maximum absolute atomic E-state index is 9.73. The van der Waals surface area contributed by atoms with E-state index in [2.05, 4.69) is 35.5 Å². The molecule has 1 heteroatoms. The van der Waals surface area contributed by atoms with Crippen LogP contribution in [0.5, 0.6) is 0 Å². The molecule has 0 aromatic rings. The standard InChI is InChI=1S/C10H6O/c1-2-3-4-5-6-7-8-9-10-11/h8-10H,1H3. The lowest BCUT2D eigenvalue weighted by Gasteiger charge is -1.58. The fourth-order valence-electron chi connectivity index (χ4n) is 0.290. The Morgan fingerprint density at radius 1 is 1.09 bits per heavy atom. The van der Waals surface area contributed by atoms with Crippen molar-refractivity contribution in [2.75, 3.05) is 0 Å². The highest BCUT2D eigenvalue weighted by Gasteiger charge is 1.57. The molecular weight excluding hydrogens is 136 g/mol. The van der Waals surface area contributed by atoms with Gasteiger partial charge in [-0.25, -0.2) is 0 Å². The molecule has 0 atom stereocenters. The van der Waals surface area contributed by atoms with Crippen molar-refractivity contribution in [3.8, 4) is 35.5 Å². The van der Waals surface area contributed by atoms with Gasteiger partial charge in [-0.1, -0.05) is 11.8 Å². The van der Waals surface area contributed by atoms with Gasteiger partial charge in [-0.2, -0.15) is 0 Å². The zero-order chi connectivity index (χ0) is 8.36. The predicted molar refractivity (Wildman–Crippen MR) is 44.2 cm³/mol. The number of aldehydes is 1. The van der Waals surface area contributed by atoms with Gasteiger partial charge in [-0.15, -0.1) is 0 Å². The fraction of sp³-hybridized carbons (Fsp3) is 0.100. The third-order valence-corrected chi connectivity index (χ3v) is 0.643. The molecular formula is C10H6O. The molecule has 0 saturated heterocycles. The van der Waals surface area contributed by atoms with E-state index in [-0.39, 0.29) is 0 Å². The molecule has 52 valence electrons. The van der Waals surface area contributed by atoms with Gasteiger partial charge in [0.05, 0.1) is 0 Å². The lowest BCUT2D eigenvalue weighted by atomic mass is 10.5. The van der Waals surface area contributed by atoms with Crippen LogP contribution in [0, 0.1) is 35.5 Å². The summed E-state index contributed by atoms with van der Waals surface area (Å²) in [5.41, 5.74) is 0. The molecule has 0 N–H and O–H groups in total. The van der Waals surface area contributed by atoms with Crippen LogP contribution in [0.3, 0.4) is 0 Å². The van der Waals surface area contributed by atoms with Gasteiger partial charge >= 0.3 is 0 Å². The highest BCUT2D eigenvalue weighted by Crippen LogP contribution is 1.61. The van der Waals surface area contributed by atoms with Gasteiger partial charge in [0.1, 0.15) is 6.29 Å². The molecule has 0 aromatic heterocycles. The van der Waals surface area contributed by atoms with E-state index in [1.807, 2.05) is 0 Å². The maximum Gasteiger partial charge on any atom is 0.143 e. The van der Waals surface area contributed by atoms with Gasteiger partial charge in [0.2, 0.25) is 0 Å². The zero-order valence-electron chi connectivity index (χ0n) is 6.14. The van der Waals surface area contributed by atoms with Crippen LogP contribution < -0.4 is 0 Å². The van der Waals surface area contributed by atoms with E-state index in [0.29, 0.717) is 6.29 Å². The van der Waals surface area contributed by atoms with Crippen LogP contribution in [0.25, 0.3) is 0 Å². The number of allylic oxidation sites excluding steroid dienone is 2. The van der Waals surface area contributed by atoms with Gasteiger partial charge in [0.25, 0.3) is 0 Å². The summed E-state index contributed by atoms with van der Waals surface area (Å²) in [7, 11) is 0. The van der Waals surface area contributed by atoms with Crippen LogP contribution in [-0.2, 0) is 4.79 Å². The monoisotopic (exact) mass is 142 g/mol. The highest BCUT2D eigenvalue weighted by atomic mass is 16.1. The number of rotatable bonds is 1. The average Bonchev–Trinajstić information content (AvgIpc) is 2.03. The Morgan fingerprint density at radius 2 is 1.82 bits per heavy atom. The first-order chi connectivity index (χ1) is 5.41. The molecule has 0 aliphatic rings. The van der Waals surface area contributed by atoms with Gasteiger partial charge in [-0.3, -0.25) is 4.79 Å². The average molecular weight is 142 g/mol. The smallest absolute Gasteiger partial charge is 0.143 e. The summed E-state index contributed by atoms with van der Waals surface area (Å²) in [6.07, 6.45) is 3.40. The second-order valence-corrected chi connectivity index (χ2v) is 1.39. The van der Waals surface area contributed by atoms with Crippen molar-refractivity contribution in [3.05, 3.63) is 12.2 Å². The van der Waals surface area contributed by atoms with Gasteiger partial charge in [0, 0.05) is 0 Å². The van der Waals surface area contributed by atoms with Gasteiger partial charge in [0.15, 0.2) is 0 Å². The molecule has 0 saturated carbocycles. The maximum atomic E-state index is 9.73. The molecule has 0 aliphatic carbocycles. The number of hydrogen-bond donors (Lipinski definition) is 0. The molecule has 0 heterocycles. The largest absolute Gasteiger partial charge is 0.299 e. The van der Waals surface area contributed by atoms with Gasteiger partial charge in [-0.05, 0) is 42.8 Å². The number of carbonyl (C=O) groups excluding carboxylic acids is 1. The van der Waals surface area contributed by atoms with Crippen molar-refractivity contribution in [2.24, 2.45) is 0 Å². The molecule has 1 nitrogen and oxygen atoms in total. The lowest BCUT2D eigenvalue weighted by Crippen LogP contribution is -1.56. The quantitative estimate of drug-likeness (QED) is 0.300. The van der Waals surface area contributed by atoms with E-state index in [1.54, 1.807) is 6.92 Å². The summed E-state index contributed by atoms with van der Waals surface area (Å²) >= 11 is 0. The molecule has 0 aromatic carbocycles. The Labute approximate surface area is 66.5 Å². The van der Waals surface area contributed by atoms with E-state index in [0.717, 1.165) is 0 Å². The molecule has 0 spiro atoms. The van der Waals surface area contributed by atoms with Crippen LogP contribution in [0.1, 0.15) is 6.92 Å². The Morgan fingerprint density at radius 3 is 2.45 bits per heavy atom. The summed E-state index contributed by atoms with van der Waals surface area (Å²) in [4.78, 5) is 9.73. The Balaban J connectivity index is 3.90. The molecule has 0 fully saturated rings. The first-order valence-electron chi connectivity index (χ1n) is 2.94. The Hall–Kier alpha value is -1.91. The van der Waals surface area contributed by atoms with Crippen molar-refractivity contribution >= 4 is 6.29 Å². The Bertz CT molecular complexity index is 315. The second-order valence-electron chi connectivity index (χ2n) is 1.39. The van der Waals surface area contributed by atoms with Crippen molar-refractivity contribution in [1.29, 1.82) is 0 Å². The molecule has 0 unspecified atom stereocenters. The minimum Gasteiger partial charge on any atom is -0.299 e. The molecule has 0 rings (SSSR count). The van der Waals surface area contributed by atoms with E-state index in [4.69, 9.17) is 0 Å². The van der Waals surface area contributed by atoms with E-state index in [9.17, 15) is 4.79 Å². The fourth-order valence-corrected chi connectivity index (χ4v) is 0.290. The van der Waals surface area contributed by atoms with Crippen molar-refractivity contribution in [1.82, 2.24) is 0 Å². The van der Waals surface area contributed by atoms with Gasteiger partial charge < -0.3 is 0 Å². The predicted octanol–water partition coefficient (Wildman–Crippen LogP) is 0.772. The number of hydrogen-bond acceptors (Lipinski definition) is 1. The third kappa shape index (κ3) is 8.09. The van der Waals surface area contributed by atoms with Crippen LogP contribution in [0.15, 0.2) is 12.2 Å². The minimum atomic E-state index is 0.661.